The maximum Gasteiger partial charge on any atom is 0.246 e. The van der Waals surface area contributed by atoms with Gasteiger partial charge >= 0.3 is 0 Å². The summed E-state index contributed by atoms with van der Waals surface area (Å²) in [6, 6.07) is 18.4. The summed E-state index contributed by atoms with van der Waals surface area (Å²) in [6.07, 6.45) is 3.62. The van der Waals surface area contributed by atoms with Crippen LogP contribution in [0.2, 0.25) is 0 Å². The Morgan fingerprint density at radius 2 is 1.71 bits per heavy atom. The molecular formula is C29H24N6OS2. The van der Waals surface area contributed by atoms with Crippen LogP contribution >= 0.6 is 22.7 Å². The first-order valence-corrected chi connectivity index (χ1v) is 13.8. The van der Waals surface area contributed by atoms with Gasteiger partial charge in [0.15, 0.2) is 10.0 Å². The number of hydrogen-bond donors (Lipinski definition) is 1. The van der Waals surface area contributed by atoms with Crippen molar-refractivity contribution < 1.29 is 4.79 Å². The lowest BCUT2D eigenvalue weighted by Crippen LogP contribution is -2.19. The van der Waals surface area contributed by atoms with Crippen LogP contribution in [0.15, 0.2) is 72.4 Å². The fourth-order valence-electron chi connectivity index (χ4n) is 4.69. The first-order chi connectivity index (χ1) is 18.4. The minimum atomic E-state index is -0.160. The molecule has 0 saturated carbocycles. The second-order valence-corrected chi connectivity index (χ2v) is 11.2. The van der Waals surface area contributed by atoms with Gasteiger partial charge in [-0.3, -0.25) is 4.79 Å². The van der Waals surface area contributed by atoms with Gasteiger partial charge in [0.1, 0.15) is 12.2 Å². The minimum absolute atomic E-state index is 0.0855. The molecule has 0 unspecified atom stereocenters. The van der Waals surface area contributed by atoms with Crippen LogP contribution in [0.3, 0.4) is 0 Å². The number of aryl methyl sites for hydroxylation is 3. The molecule has 1 amide bonds. The summed E-state index contributed by atoms with van der Waals surface area (Å²) in [6.45, 7) is 6.30. The van der Waals surface area contributed by atoms with Crippen LogP contribution in [0.1, 0.15) is 16.7 Å². The number of fused-ring (bicyclic) bond motifs is 1. The van der Waals surface area contributed by atoms with E-state index in [9.17, 15) is 4.79 Å². The molecule has 0 aliphatic heterocycles. The Labute approximate surface area is 227 Å². The highest BCUT2D eigenvalue weighted by atomic mass is 32.1. The lowest BCUT2D eigenvalue weighted by molar-refractivity contribution is -0.116. The number of benzene rings is 3. The molecular weight excluding hydrogens is 512 g/mol. The molecule has 0 bridgehead atoms. The summed E-state index contributed by atoms with van der Waals surface area (Å²) >= 11 is 3.24. The van der Waals surface area contributed by atoms with E-state index in [4.69, 9.17) is 4.98 Å². The zero-order valence-corrected chi connectivity index (χ0v) is 22.7. The topological polar surface area (TPSA) is 85.6 Å². The highest BCUT2D eigenvalue weighted by Gasteiger charge is 2.13. The Morgan fingerprint density at radius 3 is 2.45 bits per heavy atom. The third-order valence-corrected chi connectivity index (χ3v) is 8.22. The van der Waals surface area contributed by atoms with Gasteiger partial charge in [-0.15, -0.1) is 27.8 Å². The van der Waals surface area contributed by atoms with Crippen molar-refractivity contribution >= 4 is 44.5 Å². The highest BCUT2D eigenvalue weighted by molar-refractivity contribution is 7.25. The van der Waals surface area contributed by atoms with Gasteiger partial charge in [0.2, 0.25) is 5.91 Å². The predicted octanol–water partition coefficient (Wildman–Crippen LogP) is 6.91. The molecule has 188 valence electrons. The molecule has 0 saturated heterocycles. The lowest BCUT2D eigenvalue weighted by Gasteiger charge is -2.08. The molecule has 0 aliphatic rings. The number of carbonyl (C=O) groups excluding carboxylic acids is 1. The van der Waals surface area contributed by atoms with Crippen molar-refractivity contribution in [3.63, 3.8) is 0 Å². The van der Waals surface area contributed by atoms with Crippen LogP contribution < -0.4 is 5.32 Å². The number of aromatic nitrogens is 5. The van der Waals surface area contributed by atoms with E-state index in [1.54, 1.807) is 33.6 Å². The average molecular weight is 537 g/mol. The van der Waals surface area contributed by atoms with Crippen molar-refractivity contribution in [2.24, 2.45) is 0 Å². The van der Waals surface area contributed by atoms with Gasteiger partial charge in [0.25, 0.3) is 0 Å². The van der Waals surface area contributed by atoms with Gasteiger partial charge in [-0.25, -0.2) is 14.6 Å². The van der Waals surface area contributed by atoms with E-state index in [0.29, 0.717) is 0 Å². The summed E-state index contributed by atoms with van der Waals surface area (Å²) < 4.78 is 2.69. The largest absolute Gasteiger partial charge is 0.324 e. The van der Waals surface area contributed by atoms with Gasteiger partial charge in [0.05, 0.1) is 16.4 Å². The molecule has 3 aromatic heterocycles. The summed E-state index contributed by atoms with van der Waals surface area (Å²) in [5.74, 6) is -0.160. The number of rotatable bonds is 6. The molecule has 1 N–H and O–H groups in total. The van der Waals surface area contributed by atoms with Crippen molar-refractivity contribution in [2.75, 3.05) is 5.32 Å². The molecule has 38 heavy (non-hydrogen) atoms. The monoisotopic (exact) mass is 536 g/mol. The zero-order chi connectivity index (χ0) is 26.2. The van der Waals surface area contributed by atoms with Gasteiger partial charge < -0.3 is 5.32 Å². The first-order valence-electron chi connectivity index (χ1n) is 12.1. The number of anilines is 1. The molecule has 0 spiro atoms. The number of amides is 1. The normalized spacial score (nSPS) is 11.2. The molecule has 3 heterocycles. The van der Waals surface area contributed by atoms with E-state index < -0.39 is 0 Å². The summed E-state index contributed by atoms with van der Waals surface area (Å²) in [5, 5.41) is 15.3. The highest BCUT2D eigenvalue weighted by Crippen LogP contribution is 2.34. The van der Waals surface area contributed by atoms with Crippen LogP contribution in [0.4, 0.5) is 5.69 Å². The van der Waals surface area contributed by atoms with E-state index >= 15 is 0 Å². The maximum absolute atomic E-state index is 12.7. The van der Waals surface area contributed by atoms with Crippen LogP contribution in [0, 0.1) is 20.8 Å². The van der Waals surface area contributed by atoms with Gasteiger partial charge in [0, 0.05) is 22.8 Å². The van der Waals surface area contributed by atoms with E-state index in [0.717, 1.165) is 59.4 Å². The molecule has 3 aromatic carbocycles. The van der Waals surface area contributed by atoms with Crippen molar-refractivity contribution in [2.45, 2.75) is 27.3 Å². The lowest BCUT2D eigenvalue weighted by atomic mass is 9.98. The predicted molar refractivity (Wildman–Crippen MR) is 154 cm³/mol. The summed E-state index contributed by atoms with van der Waals surface area (Å²) in [7, 11) is 0. The van der Waals surface area contributed by atoms with E-state index in [-0.39, 0.29) is 12.5 Å². The van der Waals surface area contributed by atoms with Crippen molar-refractivity contribution in [1.82, 2.24) is 25.0 Å². The van der Waals surface area contributed by atoms with E-state index in [2.05, 4.69) is 65.6 Å². The van der Waals surface area contributed by atoms with Crippen molar-refractivity contribution in [3.8, 4) is 32.4 Å². The van der Waals surface area contributed by atoms with E-state index in [1.807, 2.05) is 41.9 Å². The second kappa shape index (κ2) is 9.92. The molecule has 6 aromatic rings. The Hall–Kier alpha value is -4.21. The van der Waals surface area contributed by atoms with Crippen molar-refractivity contribution in [3.05, 3.63) is 89.1 Å². The SMILES string of the molecule is Cc1cc(C)c(-c2cn(CC(=O)Nc3ccc(-c4ccc5nc(-c6nccs6)sc5c4)cc3)nn2)c(C)c1. The molecule has 0 aliphatic carbocycles. The van der Waals surface area contributed by atoms with Crippen LogP contribution in [0.5, 0.6) is 0 Å². The third kappa shape index (κ3) is 4.85. The van der Waals surface area contributed by atoms with Gasteiger partial charge in [-0.1, -0.05) is 41.1 Å². The Balaban J connectivity index is 1.13. The quantitative estimate of drug-likeness (QED) is 0.250. The molecule has 7 nitrogen and oxygen atoms in total. The molecule has 0 atom stereocenters. The van der Waals surface area contributed by atoms with Gasteiger partial charge in [-0.05, 0) is 67.3 Å². The first kappa shape index (κ1) is 24.1. The Kier molecular flexibility index (Phi) is 6.30. The van der Waals surface area contributed by atoms with Crippen LogP contribution in [-0.2, 0) is 11.3 Å². The smallest absolute Gasteiger partial charge is 0.246 e. The Bertz CT molecular complexity index is 1740. The zero-order valence-electron chi connectivity index (χ0n) is 21.1. The van der Waals surface area contributed by atoms with Crippen LogP contribution in [-0.4, -0.2) is 30.9 Å². The number of thiazole rings is 2. The minimum Gasteiger partial charge on any atom is -0.324 e. The molecule has 9 heteroatoms. The van der Waals surface area contributed by atoms with E-state index in [1.165, 1.54) is 5.56 Å². The van der Waals surface area contributed by atoms with Gasteiger partial charge in [-0.2, -0.15) is 0 Å². The summed E-state index contributed by atoms with van der Waals surface area (Å²) in [4.78, 5) is 21.8. The fourth-order valence-corrected chi connectivity index (χ4v) is 6.38. The number of carbonyl (C=O) groups is 1. The number of hydrogen-bond acceptors (Lipinski definition) is 7. The average Bonchev–Trinajstić information content (AvgIpc) is 3.64. The standard InChI is InChI=1S/C29H24N6OS2/c1-17-12-18(2)27(19(3)13-17)24-15-35(34-33-24)16-26(36)31-22-7-4-20(5-8-22)21-6-9-23-25(14-21)38-29(32-23)28-30-10-11-37-28/h4-15H,16H2,1-3H3,(H,31,36). The Morgan fingerprint density at radius 1 is 0.947 bits per heavy atom. The second-order valence-electron chi connectivity index (χ2n) is 9.24. The fraction of sp³-hybridized carbons (Fsp3) is 0.138. The third-order valence-electron chi connectivity index (χ3n) is 6.28. The summed E-state index contributed by atoms with van der Waals surface area (Å²) in [5.41, 5.74) is 9.21. The van der Waals surface area contributed by atoms with Crippen LogP contribution in [0.25, 0.3) is 42.6 Å². The number of nitrogens with zero attached hydrogens (tertiary/aromatic N) is 5. The van der Waals surface area contributed by atoms with Crippen molar-refractivity contribution in [1.29, 1.82) is 0 Å². The molecule has 6 rings (SSSR count). The number of nitrogens with one attached hydrogen (secondary N) is 1. The molecule has 0 fully saturated rings. The molecule has 0 radical (unpaired) electrons. The maximum atomic E-state index is 12.7.